The quantitative estimate of drug-likeness (QED) is 0.866. The highest BCUT2D eigenvalue weighted by Crippen LogP contribution is 2.30. The Kier molecular flexibility index (Phi) is 3.56. The van der Waals surface area contributed by atoms with E-state index < -0.39 is 5.91 Å². The Labute approximate surface area is 109 Å². The van der Waals surface area contributed by atoms with Crippen LogP contribution in [0.4, 0.5) is 0 Å². The van der Waals surface area contributed by atoms with E-state index in [0.717, 1.165) is 0 Å². The molecule has 0 bridgehead atoms. The molecule has 0 aliphatic heterocycles. The number of carbonyl (C=O) groups excluding carboxylic acids is 1. The fourth-order valence-corrected chi connectivity index (χ4v) is 1.61. The molecule has 0 saturated carbocycles. The molecule has 0 unspecified atom stereocenters. The second-order valence-electron chi connectivity index (χ2n) is 3.54. The number of pyridine rings is 1. The van der Waals surface area contributed by atoms with E-state index in [1.165, 1.54) is 26.6 Å². The maximum Gasteiger partial charge on any atom is 0.319 e. The van der Waals surface area contributed by atoms with E-state index in [2.05, 4.69) is 15.0 Å². The molecule has 0 atom stereocenters. The zero-order valence-electron chi connectivity index (χ0n) is 10.5. The van der Waals surface area contributed by atoms with E-state index in [0.29, 0.717) is 11.1 Å². The van der Waals surface area contributed by atoms with Crippen LogP contribution in [0.1, 0.15) is 10.5 Å². The fourth-order valence-electron chi connectivity index (χ4n) is 1.61. The number of hydrogen-bond acceptors (Lipinski definition) is 6. The molecule has 1 amide bonds. The largest absolute Gasteiger partial charge is 0.480 e. The van der Waals surface area contributed by atoms with Gasteiger partial charge in [-0.15, -0.1) is 0 Å². The Balaban J connectivity index is 2.62. The minimum atomic E-state index is -0.631. The first-order chi connectivity index (χ1) is 9.17. The Hall–Kier alpha value is -2.70. The molecule has 2 N–H and O–H groups in total. The minimum Gasteiger partial charge on any atom is -0.480 e. The average Bonchev–Trinajstić information content (AvgIpc) is 2.46. The lowest BCUT2D eigenvalue weighted by molar-refractivity contribution is 0.0996. The summed E-state index contributed by atoms with van der Waals surface area (Å²) in [4.78, 5) is 23.4. The molecule has 0 aromatic carbocycles. The zero-order chi connectivity index (χ0) is 13.8. The highest BCUT2D eigenvalue weighted by Gasteiger charge is 2.17. The topological polar surface area (TPSA) is 100 Å². The van der Waals surface area contributed by atoms with E-state index in [1.807, 2.05) is 0 Å². The lowest BCUT2D eigenvalue weighted by Gasteiger charge is -2.10. The van der Waals surface area contributed by atoms with Crippen LogP contribution in [0.3, 0.4) is 0 Å². The van der Waals surface area contributed by atoms with Gasteiger partial charge in [0.15, 0.2) is 0 Å². The zero-order valence-corrected chi connectivity index (χ0v) is 10.5. The van der Waals surface area contributed by atoms with E-state index in [9.17, 15) is 4.79 Å². The van der Waals surface area contributed by atoms with Gasteiger partial charge in [0.25, 0.3) is 5.91 Å². The summed E-state index contributed by atoms with van der Waals surface area (Å²) >= 11 is 0. The number of methoxy groups -OCH3 is 2. The highest BCUT2D eigenvalue weighted by molar-refractivity contribution is 5.98. The SMILES string of the molecule is COc1ncc(-c2cccnc2C(N)=O)c(OC)n1. The van der Waals surface area contributed by atoms with Crippen LogP contribution in [0.2, 0.25) is 0 Å². The van der Waals surface area contributed by atoms with Crippen molar-refractivity contribution in [3.8, 4) is 23.0 Å². The second kappa shape index (κ2) is 5.30. The third-order valence-corrected chi connectivity index (χ3v) is 2.44. The van der Waals surface area contributed by atoms with Crippen molar-refractivity contribution in [3.05, 3.63) is 30.2 Å². The number of nitrogens with zero attached hydrogens (tertiary/aromatic N) is 3. The van der Waals surface area contributed by atoms with Crippen LogP contribution in [0, 0.1) is 0 Å². The summed E-state index contributed by atoms with van der Waals surface area (Å²) in [6, 6.07) is 3.55. The molecule has 0 aliphatic rings. The van der Waals surface area contributed by atoms with Gasteiger partial charge in [-0.1, -0.05) is 6.07 Å². The van der Waals surface area contributed by atoms with Gasteiger partial charge in [0.1, 0.15) is 5.69 Å². The molecule has 98 valence electrons. The molecule has 0 fully saturated rings. The molecular weight excluding hydrogens is 248 g/mol. The maximum absolute atomic E-state index is 11.4. The Morgan fingerprint density at radius 2 is 2.00 bits per heavy atom. The summed E-state index contributed by atoms with van der Waals surface area (Å²) in [6.45, 7) is 0. The van der Waals surface area contributed by atoms with Crippen LogP contribution < -0.4 is 15.2 Å². The monoisotopic (exact) mass is 260 g/mol. The van der Waals surface area contributed by atoms with Crippen molar-refractivity contribution in [2.45, 2.75) is 0 Å². The van der Waals surface area contributed by atoms with E-state index in [-0.39, 0.29) is 17.6 Å². The average molecular weight is 260 g/mol. The Morgan fingerprint density at radius 1 is 1.21 bits per heavy atom. The minimum absolute atomic E-state index is 0.134. The van der Waals surface area contributed by atoms with Gasteiger partial charge in [0, 0.05) is 18.0 Å². The first-order valence-electron chi connectivity index (χ1n) is 5.37. The van der Waals surface area contributed by atoms with Crippen molar-refractivity contribution >= 4 is 5.91 Å². The van der Waals surface area contributed by atoms with E-state index in [1.54, 1.807) is 12.1 Å². The third kappa shape index (κ3) is 2.44. The van der Waals surface area contributed by atoms with Crippen LogP contribution in [0.25, 0.3) is 11.1 Å². The maximum atomic E-state index is 11.4. The molecule has 7 nitrogen and oxygen atoms in total. The number of carbonyl (C=O) groups is 1. The van der Waals surface area contributed by atoms with Crippen molar-refractivity contribution in [1.82, 2.24) is 15.0 Å². The van der Waals surface area contributed by atoms with Gasteiger partial charge in [-0.2, -0.15) is 4.98 Å². The normalized spacial score (nSPS) is 10.0. The summed E-state index contributed by atoms with van der Waals surface area (Å²) in [5.41, 5.74) is 6.45. The predicted molar refractivity (Wildman–Crippen MR) is 66.9 cm³/mol. The van der Waals surface area contributed by atoms with Crippen molar-refractivity contribution in [2.24, 2.45) is 5.73 Å². The van der Waals surface area contributed by atoms with E-state index in [4.69, 9.17) is 15.2 Å². The summed E-state index contributed by atoms with van der Waals surface area (Å²) in [7, 11) is 2.92. The van der Waals surface area contributed by atoms with Gasteiger partial charge in [-0.3, -0.25) is 9.78 Å². The molecule has 0 saturated heterocycles. The summed E-state index contributed by atoms with van der Waals surface area (Å²) in [6.07, 6.45) is 2.98. The number of primary amides is 1. The van der Waals surface area contributed by atoms with Crippen LogP contribution >= 0.6 is 0 Å². The fraction of sp³-hybridized carbons (Fsp3) is 0.167. The molecule has 2 heterocycles. The summed E-state index contributed by atoms with van der Waals surface area (Å²) < 4.78 is 10.1. The molecule has 2 aromatic rings. The van der Waals surface area contributed by atoms with Crippen LogP contribution in [0.5, 0.6) is 11.9 Å². The van der Waals surface area contributed by atoms with Crippen LogP contribution in [0.15, 0.2) is 24.5 Å². The molecule has 7 heteroatoms. The highest BCUT2D eigenvalue weighted by atomic mass is 16.5. The number of rotatable bonds is 4. The van der Waals surface area contributed by atoms with Crippen LogP contribution in [-0.2, 0) is 0 Å². The smallest absolute Gasteiger partial charge is 0.319 e. The van der Waals surface area contributed by atoms with Crippen LogP contribution in [-0.4, -0.2) is 35.1 Å². The number of ether oxygens (including phenoxy) is 2. The van der Waals surface area contributed by atoms with Crippen molar-refractivity contribution in [1.29, 1.82) is 0 Å². The first kappa shape index (κ1) is 12.7. The van der Waals surface area contributed by atoms with Crippen molar-refractivity contribution < 1.29 is 14.3 Å². The number of amides is 1. The van der Waals surface area contributed by atoms with Gasteiger partial charge in [-0.25, -0.2) is 4.98 Å². The molecule has 0 spiro atoms. The summed E-state index contributed by atoms with van der Waals surface area (Å²) in [5.74, 6) is -0.351. The molecule has 2 rings (SSSR count). The lowest BCUT2D eigenvalue weighted by Crippen LogP contribution is -2.14. The Bertz CT molecular complexity index is 616. The molecule has 0 radical (unpaired) electrons. The predicted octanol–water partition coefficient (Wildman–Crippen LogP) is 0.655. The second-order valence-corrected chi connectivity index (χ2v) is 3.54. The molecule has 2 aromatic heterocycles. The first-order valence-corrected chi connectivity index (χ1v) is 5.37. The lowest BCUT2D eigenvalue weighted by atomic mass is 10.1. The van der Waals surface area contributed by atoms with Gasteiger partial charge < -0.3 is 15.2 Å². The van der Waals surface area contributed by atoms with Gasteiger partial charge >= 0.3 is 6.01 Å². The Morgan fingerprint density at radius 3 is 2.63 bits per heavy atom. The molecular formula is C12H12N4O3. The standard InChI is InChI=1S/C12H12N4O3/c1-18-11-8(6-15-12(16-11)19-2)7-4-3-5-14-9(7)10(13)17/h3-6H,1-2H3,(H2,13,17). The van der Waals surface area contributed by atoms with Gasteiger partial charge in [0.2, 0.25) is 5.88 Å². The van der Waals surface area contributed by atoms with Gasteiger partial charge in [-0.05, 0) is 6.07 Å². The van der Waals surface area contributed by atoms with E-state index >= 15 is 0 Å². The van der Waals surface area contributed by atoms with Crippen molar-refractivity contribution in [3.63, 3.8) is 0 Å². The van der Waals surface area contributed by atoms with Gasteiger partial charge in [0.05, 0.1) is 19.8 Å². The summed E-state index contributed by atoms with van der Waals surface area (Å²) in [5, 5.41) is 0. The number of aromatic nitrogens is 3. The number of nitrogens with two attached hydrogens (primary N) is 1. The van der Waals surface area contributed by atoms with Crippen molar-refractivity contribution in [2.75, 3.05) is 14.2 Å². The third-order valence-electron chi connectivity index (χ3n) is 2.44. The molecule has 19 heavy (non-hydrogen) atoms. The molecule has 0 aliphatic carbocycles. The number of hydrogen-bond donors (Lipinski definition) is 1.